The molecule has 0 radical (unpaired) electrons. The SMILES string of the molecule is CCCCC1C(C)OC1(F)F. The van der Waals surface area contributed by atoms with Crippen molar-refractivity contribution in [1.82, 2.24) is 0 Å². The molecule has 1 rings (SSSR count). The molecule has 2 atom stereocenters. The molecule has 0 N–H and O–H groups in total. The van der Waals surface area contributed by atoms with Gasteiger partial charge in [-0.3, -0.25) is 0 Å². The van der Waals surface area contributed by atoms with E-state index in [1.807, 2.05) is 6.92 Å². The van der Waals surface area contributed by atoms with Crippen molar-refractivity contribution >= 4 is 0 Å². The zero-order valence-corrected chi connectivity index (χ0v) is 6.94. The Bertz CT molecular complexity index is 136. The zero-order valence-electron chi connectivity index (χ0n) is 6.94. The quantitative estimate of drug-likeness (QED) is 0.623. The molecule has 0 aromatic carbocycles. The van der Waals surface area contributed by atoms with Crippen LogP contribution in [0.5, 0.6) is 0 Å². The number of hydrogen-bond acceptors (Lipinski definition) is 1. The molecule has 0 spiro atoms. The fourth-order valence-electron chi connectivity index (χ4n) is 1.45. The van der Waals surface area contributed by atoms with Crippen LogP contribution in [0.15, 0.2) is 0 Å². The molecule has 66 valence electrons. The van der Waals surface area contributed by atoms with Gasteiger partial charge in [0, 0.05) is 0 Å². The molecule has 0 aliphatic carbocycles. The van der Waals surface area contributed by atoms with E-state index in [0.717, 1.165) is 12.8 Å². The Balaban J connectivity index is 2.31. The lowest BCUT2D eigenvalue weighted by Crippen LogP contribution is -2.52. The first-order chi connectivity index (χ1) is 5.08. The van der Waals surface area contributed by atoms with Crippen LogP contribution in [0, 0.1) is 5.92 Å². The van der Waals surface area contributed by atoms with Gasteiger partial charge in [0.25, 0.3) is 0 Å². The Labute approximate surface area is 65.7 Å². The van der Waals surface area contributed by atoms with Crippen LogP contribution in [0.3, 0.4) is 0 Å². The van der Waals surface area contributed by atoms with Crippen molar-refractivity contribution in [3.8, 4) is 0 Å². The minimum atomic E-state index is -2.84. The molecule has 0 saturated carbocycles. The number of rotatable bonds is 3. The summed E-state index contributed by atoms with van der Waals surface area (Å²) in [7, 11) is 0. The molecule has 1 fully saturated rings. The number of halogens is 2. The Morgan fingerprint density at radius 1 is 1.45 bits per heavy atom. The van der Waals surface area contributed by atoms with Gasteiger partial charge >= 0.3 is 6.11 Å². The van der Waals surface area contributed by atoms with Gasteiger partial charge in [-0.2, -0.15) is 8.78 Å². The summed E-state index contributed by atoms with van der Waals surface area (Å²) in [4.78, 5) is 0. The molecule has 1 nitrogen and oxygen atoms in total. The Morgan fingerprint density at radius 3 is 2.45 bits per heavy atom. The van der Waals surface area contributed by atoms with Crippen LogP contribution in [-0.2, 0) is 4.74 Å². The lowest BCUT2D eigenvalue weighted by molar-refractivity contribution is -0.391. The fraction of sp³-hybridized carbons (Fsp3) is 1.00. The van der Waals surface area contributed by atoms with Crippen molar-refractivity contribution in [3.63, 3.8) is 0 Å². The Kier molecular flexibility index (Phi) is 2.47. The smallest absolute Gasteiger partial charge is 0.316 e. The maximum atomic E-state index is 12.6. The monoisotopic (exact) mass is 164 g/mol. The number of hydrogen-bond donors (Lipinski definition) is 0. The summed E-state index contributed by atoms with van der Waals surface area (Å²) < 4.78 is 29.4. The molecule has 0 aromatic rings. The van der Waals surface area contributed by atoms with E-state index < -0.39 is 12.0 Å². The summed E-state index contributed by atoms with van der Waals surface area (Å²) in [6.07, 6.45) is -0.663. The maximum Gasteiger partial charge on any atom is 0.361 e. The molecule has 1 heterocycles. The predicted octanol–water partition coefficient (Wildman–Crippen LogP) is 2.80. The van der Waals surface area contributed by atoms with E-state index in [1.165, 1.54) is 0 Å². The average Bonchev–Trinajstić information content (AvgIpc) is 1.86. The van der Waals surface area contributed by atoms with Gasteiger partial charge in [-0.05, 0) is 13.3 Å². The van der Waals surface area contributed by atoms with Crippen LogP contribution in [0.25, 0.3) is 0 Å². The largest absolute Gasteiger partial charge is 0.361 e. The minimum absolute atomic E-state index is 0.253. The first kappa shape index (κ1) is 8.91. The van der Waals surface area contributed by atoms with Crippen LogP contribution < -0.4 is 0 Å². The predicted molar refractivity (Wildman–Crippen MR) is 38.5 cm³/mol. The number of alkyl halides is 2. The van der Waals surface area contributed by atoms with E-state index in [9.17, 15) is 8.78 Å². The summed E-state index contributed by atoms with van der Waals surface area (Å²) in [6, 6.07) is 0. The first-order valence-corrected chi connectivity index (χ1v) is 4.13. The highest BCUT2D eigenvalue weighted by atomic mass is 19.3. The van der Waals surface area contributed by atoms with Gasteiger partial charge < -0.3 is 4.74 Å². The topological polar surface area (TPSA) is 9.23 Å². The van der Waals surface area contributed by atoms with Gasteiger partial charge in [0.15, 0.2) is 0 Å². The highest BCUT2D eigenvalue weighted by Crippen LogP contribution is 2.44. The van der Waals surface area contributed by atoms with Crippen molar-refractivity contribution in [2.24, 2.45) is 5.92 Å². The highest BCUT2D eigenvalue weighted by molar-refractivity contribution is 4.84. The standard InChI is InChI=1S/C8H14F2O/c1-3-4-5-7-6(2)11-8(7,9)10/h6-7H,3-5H2,1-2H3. The van der Waals surface area contributed by atoms with E-state index in [1.54, 1.807) is 6.92 Å². The molecular formula is C8H14F2O. The third kappa shape index (κ3) is 1.70. The molecule has 2 unspecified atom stereocenters. The van der Waals surface area contributed by atoms with Crippen molar-refractivity contribution in [1.29, 1.82) is 0 Å². The average molecular weight is 164 g/mol. The summed E-state index contributed by atoms with van der Waals surface area (Å²) in [6.45, 7) is 3.71. The Morgan fingerprint density at radius 2 is 2.09 bits per heavy atom. The van der Waals surface area contributed by atoms with Crippen LogP contribution in [-0.4, -0.2) is 12.2 Å². The molecular weight excluding hydrogens is 150 g/mol. The van der Waals surface area contributed by atoms with Gasteiger partial charge in [-0.25, -0.2) is 0 Å². The van der Waals surface area contributed by atoms with E-state index in [2.05, 4.69) is 4.74 Å². The first-order valence-electron chi connectivity index (χ1n) is 4.13. The normalized spacial score (nSPS) is 34.9. The second-order valence-corrected chi connectivity index (χ2v) is 3.13. The molecule has 1 aliphatic rings. The van der Waals surface area contributed by atoms with Crippen LogP contribution in [0.2, 0.25) is 0 Å². The summed E-state index contributed by atoms with van der Waals surface area (Å²) in [5.74, 6) is -0.539. The van der Waals surface area contributed by atoms with Gasteiger partial charge in [0.1, 0.15) is 0 Å². The van der Waals surface area contributed by atoms with Crippen LogP contribution >= 0.6 is 0 Å². The summed E-state index contributed by atoms with van der Waals surface area (Å²) in [5, 5.41) is 0. The third-order valence-corrected chi connectivity index (χ3v) is 2.21. The van der Waals surface area contributed by atoms with E-state index in [0.29, 0.717) is 6.42 Å². The molecule has 3 heteroatoms. The molecule has 0 amide bonds. The summed E-state index contributed by atoms with van der Waals surface area (Å²) >= 11 is 0. The van der Waals surface area contributed by atoms with E-state index >= 15 is 0 Å². The lowest BCUT2D eigenvalue weighted by atomic mass is 9.91. The van der Waals surface area contributed by atoms with E-state index in [-0.39, 0.29) is 6.10 Å². The maximum absolute atomic E-state index is 12.6. The second-order valence-electron chi connectivity index (χ2n) is 3.13. The lowest BCUT2D eigenvalue weighted by Gasteiger charge is -2.42. The van der Waals surface area contributed by atoms with E-state index in [4.69, 9.17) is 0 Å². The number of unbranched alkanes of at least 4 members (excludes halogenated alkanes) is 1. The molecule has 11 heavy (non-hydrogen) atoms. The highest BCUT2D eigenvalue weighted by Gasteiger charge is 2.54. The molecule has 1 aliphatic heterocycles. The van der Waals surface area contributed by atoms with Gasteiger partial charge in [0.05, 0.1) is 12.0 Å². The fourth-order valence-corrected chi connectivity index (χ4v) is 1.45. The van der Waals surface area contributed by atoms with Crippen LogP contribution in [0.4, 0.5) is 8.78 Å². The Hall–Kier alpha value is -0.180. The van der Waals surface area contributed by atoms with Crippen molar-refractivity contribution in [2.75, 3.05) is 0 Å². The van der Waals surface area contributed by atoms with Crippen molar-refractivity contribution < 1.29 is 13.5 Å². The third-order valence-electron chi connectivity index (χ3n) is 2.21. The molecule has 0 bridgehead atoms. The van der Waals surface area contributed by atoms with Gasteiger partial charge in [0.2, 0.25) is 0 Å². The summed E-state index contributed by atoms with van der Waals surface area (Å²) in [5.41, 5.74) is 0. The number of ether oxygens (including phenoxy) is 1. The van der Waals surface area contributed by atoms with Crippen LogP contribution in [0.1, 0.15) is 33.1 Å². The van der Waals surface area contributed by atoms with Gasteiger partial charge in [-0.1, -0.05) is 19.8 Å². The zero-order chi connectivity index (χ0) is 8.48. The van der Waals surface area contributed by atoms with Crippen molar-refractivity contribution in [2.45, 2.75) is 45.3 Å². The van der Waals surface area contributed by atoms with Crippen molar-refractivity contribution in [3.05, 3.63) is 0 Å². The molecule has 0 aromatic heterocycles. The minimum Gasteiger partial charge on any atom is -0.316 e. The molecule has 1 saturated heterocycles. The van der Waals surface area contributed by atoms with Gasteiger partial charge in [-0.15, -0.1) is 0 Å². The second kappa shape index (κ2) is 3.05.